The van der Waals surface area contributed by atoms with Crippen LogP contribution in [0.5, 0.6) is 5.75 Å². The van der Waals surface area contributed by atoms with E-state index in [1.54, 1.807) is 36.9 Å². The number of benzene rings is 1. The van der Waals surface area contributed by atoms with Gasteiger partial charge in [0, 0.05) is 18.8 Å². The Morgan fingerprint density at radius 2 is 2.10 bits per heavy atom. The Kier molecular flexibility index (Phi) is 3.93. The minimum absolute atomic E-state index is 0.204. The summed E-state index contributed by atoms with van der Waals surface area (Å²) in [6.45, 7) is 3.78. The Hall–Kier alpha value is -2.50. The SMILES string of the molecule is CCc1cc(NC(=O)Nc2ccc(O)c(C)c2)n(C)n1. The summed E-state index contributed by atoms with van der Waals surface area (Å²) >= 11 is 0. The lowest BCUT2D eigenvalue weighted by atomic mass is 10.2. The van der Waals surface area contributed by atoms with Crippen LogP contribution in [-0.2, 0) is 13.5 Å². The van der Waals surface area contributed by atoms with Gasteiger partial charge in [-0.25, -0.2) is 4.79 Å². The molecule has 0 spiro atoms. The summed E-state index contributed by atoms with van der Waals surface area (Å²) in [6, 6.07) is 6.38. The summed E-state index contributed by atoms with van der Waals surface area (Å²) in [5, 5.41) is 19.1. The van der Waals surface area contributed by atoms with Crippen LogP contribution >= 0.6 is 0 Å². The minimum atomic E-state index is -0.347. The van der Waals surface area contributed by atoms with Crippen molar-refractivity contribution in [3.05, 3.63) is 35.5 Å². The smallest absolute Gasteiger partial charge is 0.324 e. The molecule has 2 rings (SSSR count). The van der Waals surface area contributed by atoms with Gasteiger partial charge in [-0.1, -0.05) is 6.92 Å². The lowest BCUT2D eigenvalue weighted by molar-refractivity contribution is 0.262. The molecule has 20 heavy (non-hydrogen) atoms. The van der Waals surface area contributed by atoms with Crippen LogP contribution in [0.15, 0.2) is 24.3 Å². The zero-order valence-electron chi connectivity index (χ0n) is 11.8. The first-order valence-electron chi connectivity index (χ1n) is 6.40. The predicted octanol–water partition coefficient (Wildman–Crippen LogP) is 2.64. The first kappa shape index (κ1) is 13.9. The molecule has 0 fully saturated rings. The van der Waals surface area contributed by atoms with Crippen molar-refractivity contribution in [2.45, 2.75) is 20.3 Å². The van der Waals surface area contributed by atoms with Gasteiger partial charge >= 0.3 is 6.03 Å². The molecule has 2 aromatic rings. The number of urea groups is 1. The lowest BCUT2D eigenvalue weighted by Gasteiger charge is -2.08. The maximum atomic E-state index is 11.9. The van der Waals surface area contributed by atoms with Crippen molar-refractivity contribution < 1.29 is 9.90 Å². The quantitative estimate of drug-likeness (QED) is 0.753. The third-order valence-corrected chi connectivity index (χ3v) is 2.99. The average Bonchev–Trinajstić information content (AvgIpc) is 2.74. The number of anilines is 2. The third-order valence-electron chi connectivity index (χ3n) is 2.99. The molecular weight excluding hydrogens is 256 g/mol. The van der Waals surface area contributed by atoms with E-state index in [1.807, 2.05) is 13.0 Å². The number of hydrogen-bond acceptors (Lipinski definition) is 3. The second kappa shape index (κ2) is 5.64. The first-order chi connectivity index (χ1) is 9.49. The van der Waals surface area contributed by atoms with Crippen LogP contribution in [0, 0.1) is 6.92 Å². The van der Waals surface area contributed by atoms with E-state index in [9.17, 15) is 9.90 Å². The van der Waals surface area contributed by atoms with E-state index in [2.05, 4.69) is 15.7 Å². The first-order valence-corrected chi connectivity index (χ1v) is 6.40. The minimum Gasteiger partial charge on any atom is -0.508 e. The highest BCUT2D eigenvalue weighted by Gasteiger charge is 2.08. The molecule has 0 radical (unpaired) electrons. The standard InChI is InChI=1S/C14H18N4O2/c1-4-10-8-13(18(3)17-10)16-14(20)15-11-5-6-12(19)9(2)7-11/h5-8,19H,4H2,1-3H3,(H2,15,16,20). The molecule has 0 aliphatic heterocycles. The summed E-state index contributed by atoms with van der Waals surface area (Å²) in [5.74, 6) is 0.838. The second-order valence-corrected chi connectivity index (χ2v) is 4.58. The number of hydrogen-bond donors (Lipinski definition) is 3. The van der Waals surface area contributed by atoms with Crippen molar-refractivity contribution in [3.63, 3.8) is 0 Å². The summed E-state index contributed by atoms with van der Waals surface area (Å²) in [7, 11) is 1.78. The monoisotopic (exact) mass is 274 g/mol. The number of phenols is 1. The molecule has 0 aliphatic rings. The fourth-order valence-corrected chi connectivity index (χ4v) is 1.83. The van der Waals surface area contributed by atoms with Crippen molar-refractivity contribution in [3.8, 4) is 5.75 Å². The molecule has 1 heterocycles. The molecule has 0 unspecified atom stereocenters. The molecule has 1 aromatic heterocycles. The van der Waals surface area contributed by atoms with E-state index in [0.29, 0.717) is 17.1 Å². The van der Waals surface area contributed by atoms with E-state index in [0.717, 1.165) is 12.1 Å². The van der Waals surface area contributed by atoms with Crippen LogP contribution in [0.25, 0.3) is 0 Å². The van der Waals surface area contributed by atoms with E-state index < -0.39 is 0 Å². The van der Waals surface area contributed by atoms with Crippen LogP contribution in [0.4, 0.5) is 16.3 Å². The van der Waals surface area contributed by atoms with Gasteiger partial charge in [0.15, 0.2) is 0 Å². The third kappa shape index (κ3) is 3.09. The Balaban J connectivity index is 2.04. The Labute approximate surface area is 117 Å². The molecule has 0 bridgehead atoms. The van der Waals surface area contributed by atoms with E-state index in [-0.39, 0.29) is 11.8 Å². The number of nitrogens with zero attached hydrogens (tertiary/aromatic N) is 2. The lowest BCUT2D eigenvalue weighted by Crippen LogP contribution is -2.21. The van der Waals surface area contributed by atoms with Gasteiger partial charge in [-0.2, -0.15) is 5.10 Å². The average molecular weight is 274 g/mol. The van der Waals surface area contributed by atoms with Crippen molar-refractivity contribution in [2.24, 2.45) is 7.05 Å². The van der Waals surface area contributed by atoms with E-state index in [4.69, 9.17) is 0 Å². The number of carbonyl (C=O) groups is 1. The molecule has 6 heteroatoms. The van der Waals surface area contributed by atoms with Crippen LogP contribution in [0.2, 0.25) is 0 Å². The zero-order valence-corrected chi connectivity index (χ0v) is 11.8. The summed E-state index contributed by atoms with van der Waals surface area (Å²) in [4.78, 5) is 11.9. The van der Waals surface area contributed by atoms with Gasteiger partial charge in [-0.3, -0.25) is 10.00 Å². The highest BCUT2D eigenvalue weighted by atomic mass is 16.3. The molecule has 0 saturated heterocycles. The van der Waals surface area contributed by atoms with Gasteiger partial charge < -0.3 is 10.4 Å². The van der Waals surface area contributed by atoms with Crippen LogP contribution in [-0.4, -0.2) is 20.9 Å². The van der Waals surface area contributed by atoms with E-state index in [1.165, 1.54) is 0 Å². The van der Waals surface area contributed by atoms with Gasteiger partial charge in [0.1, 0.15) is 11.6 Å². The topological polar surface area (TPSA) is 79.2 Å². The number of rotatable bonds is 3. The van der Waals surface area contributed by atoms with Gasteiger partial charge in [-0.05, 0) is 37.1 Å². The number of nitrogens with one attached hydrogen (secondary N) is 2. The number of carbonyl (C=O) groups excluding carboxylic acids is 1. The number of aromatic hydroxyl groups is 1. The molecule has 2 amide bonds. The van der Waals surface area contributed by atoms with Gasteiger partial charge in [0.25, 0.3) is 0 Å². The van der Waals surface area contributed by atoms with Crippen LogP contribution in [0.3, 0.4) is 0 Å². The Morgan fingerprint density at radius 1 is 1.35 bits per heavy atom. The number of amides is 2. The summed E-state index contributed by atoms with van der Waals surface area (Å²) in [5.41, 5.74) is 2.25. The van der Waals surface area contributed by atoms with Crippen LogP contribution < -0.4 is 10.6 Å². The van der Waals surface area contributed by atoms with Gasteiger partial charge in [0.05, 0.1) is 5.69 Å². The number of aryl methyl sites for hydroxylation is 3. The van der Waals surface area contributed by atoms with Crippen LogP contribution in [0.1, 0.15) is 18.2 Å². The second-order valence-electron chi connectivity index (χ2n) is 4.58. The Bertz CT molecular complexity index is 634. The number of phenolic OH excluding ortho intramolecular Hbond substituents is 1. The molecule has 1 aromatic carbocycles. The molecule has 0 atom stereocenters. The normalized spacial score (nSPS) is 10.3. The summed E-state index contributed by atoms with van der Waals surface area (Å²) in [6.07, 6.45) is 0.814. The highest BCUT2D eigenvalue weighted by Crippen LogP contribution is 2.20. The molecule has 0 saturated carbocycles. The fourth-order valence-electron chi connectivity index (χ4n) is 1.83. The molecule has 0 aliphatic carbocycles. The largest absolute Gasteiger partial charge is 0.508 e. The fraction of sp³-hybridized carbons (Fsp3) is 0.286. The number of aromatic nitrogens is 2. The maximum absolute atomic E-state index is 11.9. The van der Waals surface area contributed by atoms with Crippen molar-refractivity contribution in [2.75, 3.05) is 10.6 Å². The maximum Gasteiger partial charge on any atom is 0.324 e. The van der Waals surface area contributed by atoms with Crippen molar-refractivity contribution >= 4 is 17.5 Å². The predicted molar refractivity (Wildman–Crippen MR) is 78.1 cm³/mol. The molecule has 106 valence electrons. The van der Waals surface area contributed by atoms with Crippen molar-refractivity contribution in [1.82, 2.24) is 9.78 Å². The molecule has 3 N–H and O–H groups in total. The molecular formula is C14H18N4O2. The van der Waals surface area contributed by atoms with E-state index >= 15 is 0 Å². The summed E-state index contributed by atoms with van der Waals surface area (Å²) < 4.78 is 1.63. The van der Waals surface area contributed by atoms with Gasteiger partial charge in [-0.15, -0.1) is 0 Å². The van der Waals surface area contributed by atoms with Gasteiger partial charge in [0.2, 0.25) is 0 Å². The zero-order chi connectivity index (χ0) is 14.7. The molecule has 6 nitrogen and oxygen atoms in total. The highest BCUT2D eigenvalue weighted by molar-refractivity contribution is 5.99. The Morgan fingerprint density at radius 3 is 2.70 bits per heavy atom. The van der Waals surface area contributed by atoms with Crippen molar-refractivity contribution in [1.29, 1.82) is 0 Å².